The zero-order valence-electron chi connectivity index (χ0n) is 9.44. The van der Waals surface area contributed by atoms with Crippen molar-refractivity contribution in [1.82, 2.24) is 14.5 Å². The molecular formula is C12H7BrCl2N4. The van der Waals surface area contributed by atoms with Crippen LogP contribution in [0, 0.1) is 0 Å². The number of benzene rings is 1. The fraction of sp³-hybridized carbons (Fsp3) is 0. The fourth-order valence-corrected chi connectivity index (χ4v) is 2.59. The Kier molecular flexibility index (Phi) is 3.12. The third-order valence-corrected chi connectivity index (χ3v) is 3.75. The van der Waals surface area contributed by atoms with Crippen molar-refractivity contribution in [2.75, 3.05) is 5.73 Å². The lowest BCUT2D eigenvalue weighted by Crippen LogP contribution is -2.02. The molecule has 3 aromatic rings. The molecule has 3 rings (SSSR count). The molecule has 1 aromatic carbocycles. The molecule has 2 N–H and O–H groups in total. The van der Waals surface area contributed by atoms with Gasteiger partial charge in [-0.15, -0.1) is 0 Å². The fourth-order valence-electron chi connectivity index (χ4n) is 1.85. The Bertz CT molecular complexity index is 785. The van der Waals surface area contributed by atoms with E-state index in [0.717, 1.165) is 10.2 Å². The van der Waals surface area contributed by atoms with Gasteiger partial charge in [0.25, 0.3) is 0 Å². The number of anilines is 1. The van der Waals surface area contributed by atoms with E-state index in [1.54, 1.807) is 29.0 Å². The highest BCUT2D eigenvalue weighted by Crippen LogP contribution is 2.30. The van der Waals surface area contributed by atoms with E-state index in [2.05, 4.69) is 25.9 Å². The largest absolute Gasteiger partial charge is 0.369 e. The van der Waals surface area contributed by atoms with Crippen LogP contribution >= 0.6 is 39.1 Å². The smallest absolute Gasteiger partial charge is 0.207 e. The van der Waals surface area contributed by atoms with Crippen molar-refractivity contribution in [2.45, 2.75) is 0 Å². The number of halogens is 3. The summed E-state index contributed by atoms with van der Waals surface area (Å²) < 4.78 is 2.57. The van der Waals surface area contributed by atoms with E-state index >= 15 is 0 Å². The van der Waals surface area contributed by atoms with Gasteiger partial charge in [-0.2, -0.15) is 0 Å². The normalized spacial score (nSPS) is 11.1. The molecule has 2 aromatic heterocycles. The van der Waals surface area contributed by atoms with Gasteiger partial charge in [0.05, 0.1) is 10.7 Å². The maximum atomic E-state index is 6.03. The van der Waals surface area contributed by atoms with Crippen LogP contribution in [0.25, 0.3) is 16.9 Å². The first-order valence-corrected chi connectivity index (χ1v) is 6.86. The summed E-state index contributed by atoms with van der Waals surface area (Å²) in [6.07, 6.45) is 1.56. The molecule has 0 radical (unpaired) electrons. The van der Waals surface area contributed by atoms with Crippen molar-refractivity contribution in [3.05, 3.63) is 45.0 Å². The van der Waals surface area contributed by atoms with Crippen LogP contribution in [-0.2, 0) is 0 Å². The molecule has 0 saturated heterocycles. The van der Waals surface area contributed by atoms with E-state index in [1.807, 2.05) is 6.07 Å². The van der Waals surface area contributed by atoms with Crippen LogP contribution in [0.4, 0.5) is 5.95 Å². The summed E-state index contributed by atoms with van der Waals surface area (Å²) in [6, 6.07) is 7.14. The number of nitrogens with two attached hydrogens (primary N) is 1. The van der Waals surface area contributed by atoms with E-state index in [1.165, 1.54) is 0 Å². The van der Waals surface area contributed by atoms with Crippen LogP contribution < -0.4 is 5.73 Å². The number of fused-ring (bicyclic) bond motifs is 1. The molecule has 0 fully saturated rings. The Labute approximate surface area is 127 Å². The highest BCUT2D eigenvalue weighted by Gasteiger charge is 2.14. The molecule has 0 bridgehead atoms. The Morgan fingerprint density at radius 3 is 2.74 bits per heavy atom. The van der Waals surface area contributed by atoms with Crippen LogP contribution in [0.1, 0.15) is 0 Å². The van der Waals surface area contributed by atoms with Crippen LogP contribution in [0.3, 0.4) is 0 Å². The van der Waals surface area contributed by atoms with Gasteiger partial charge in [0.2, 0.25) is 5.95 Å². The molecule has 0 amide bonds. The van der Waals surface area contributed by atoms with Gasteiger partial charge in [0, 0.05) is 15.7 Å². The molecule has 0 aliphatic rings. The molecule has 7 heteroatoms. The quantitative estimate of drug-likeness (QED) is 0.714. The number of nitrogen functional groups attached to an aromatic ring is 1. The van der Waals surface area contributed by atoms with Crippen LogP contribution in [0.5, 0.6) is 0 Å². The maximum absolute atomic E-state index is 6.03. The minimum Gasteiger partial charge on any atom is -0.369 e. The number of rotatable bonds is 1. The summed E-state index contributed by atoms with van der Waals surface area (Å²) in [7, 11) is 0. The van der Waals surface area contributed by atoms with Gasteiger partial charge in [-0.25, -0.2) is 9.97 Å². The monoisotopic (exact) mass is 356 g/mol. The van der Waals surface area contributed by atoms with Crippen LogP contribution in [0.15, 0.2) is 34.9 Å². The zero-order chi connectivity index (χ0) is 13.6. The van der Waals surface area contributed by atoms with Crippen molar-refractivity contribution in [3.63, 3.8) is 0 Å². The van der Waals surface area contributed by atoms with Gasteiger partial charge < -0.3 is 5.73 Å². The highest BCUT2D eigenvalue weighted by molar-refractivity contribution is 9.10. The maximum Gasteiger partial charge on any atom is 0.207 e. The van der Waals surface area contributed by atoms with Crippen LogP contribution in [0.2, 0.25) is 10.0 Å². The minimum atomic E-state index is 0.327. The molecule has 0 aliphatic carbocycles. The second-order valence-electron chi connectivity index (χ2n) is 3.90. The molecule has 4 nitrogen and oxygen atoms in total. The van der Waals surface area contributed by atoms with Gasteiger partial charge in [0.1, 0.15) is 5.52 Å². The summed E-state index contributed by atoms with van der Waals surface area (Å²) in [4.78, 5) is 8.52. The van der Waals surface area contributed by atoms with E-state index in [0.29, 0.717) is 27.2 Å². The third-order valence-electron chi connectivity index (χ3n) is 2.64. The molecule has 2 heterocycles. The van der Waals surface area contributed by atoms with Gasteiger partial charge in [0.15, 0.2) is 5.65 Å². The molecule has 0 aliphatic heterocycles. The van der Waals surface area contributed by atoms with Gasteiger partial charge in [-0.3, -0.25) is 4.57 Å². The van der Waals surface area contributed by atoms with E-state index in [9.17, 15) is 0 Å². The van der Waals surface area contributed by atoms with Crippen molar-refractivity contribution in [1.29, 1.82) is 0 Å². The Balaban J connectivity index is 2.36. The Morgan fingerprint density at radius 1 is 1.16 bits per heavy atom. The third kappa shape index (κ3) is 2.18. The summed E-state index contributed by atoms with van der Waals surface area (Å²) in [5, 5.41) is 1.12. The van der Waals surface area contributed by atoms with Gasteiger partial charge >= 0.3 is 0 Å². The number of pyridine rings is 1. The average Bonchev–Trinajstić information content (AvgIpc) is 2.67. The lowest BCUT2D eigenvalue weighted by Gasteiger charge is -2.08. The van der Waals surface area contributed by atoms with Gasteiger partial charge in [-0.1, -0.05) is 23.2 Å². The summed E-state index contributed by atoms with van der Waals surface area (Å²) in [5.74, 6) is 0.327. The zero-order valence-corrected chi connectivity index (χ0v) is 12.5. The molecule has 96 valence electrons. The molecule has 0 unspecified atom stereocenters. The Hall–Kier alpha value is -1.30. The lowest BCUT2D eigenvalue weighted by molar-refractivity contribution is 1.08. The van der Waals surface area contributed by atoms with Crippen molar-refractivity contribution < 1.29 is 0 Å². The first-order valence-electron chi connectivity index (χ1n) is 5.31. The molecule has 0 atom stereocenters. The molecule has 0 spiro atoms. The number of imidazole rings is 1. The number of nitrogens with zero attached hydrogens (tertiary/aromatic N) is 3. The average molecular weight is 358 g/mol. The number of hydrogen-bond acceptors (Lipinski definition) is 3. The van der Waals surface area contributed by atoms with E-state index in [4.69, 9.17) is 28.9 Å². The molecular weight excluding hydrogens is 351 g/mol. The van der Waals surface area contributed by atoms with Crippen LogP contribution in [-0.4, -0.2) is 14.5 Å². The standard InChI is InChI=1S/C12H7BrCl2N4/c13-8-2-1-6(14)4-10(8)19-11-9(18-12(19)16)3-7(15)5-17-11/h1-5H,(H2,16,18). The summed E-state index contributed by atoms with van der Waals surface area (Å²) in [5.41, 5.74) is 8.00. The minimum absolute atomic E-state index is 0.327. The van der Waals surface area contributed by atoms with Crippen molar-refractivity contribution in [3.8, 4) is 5.69 Å². The first kappa shape index (κ1) is 12.7. The van der Waals surface area contributed by atoms with Gasteiger partial charge in [-0.05, 0) is 40.2 Å². The predicted octanol–water partition coefficient (Wildman–Crippen LogP) is 4.07. The topological polar surface area (TPSA) is 56.7 Å². The SMILES string of the molecule is Nc1nc2cc(Cl)cnc2n1-c1cc(Cl)ccc1Br. The molecule has 19 heavy (non-hydrogen) atoms. The lowest BCUT2D eigenvalue weighted by atomic mass is 10.3. The summed E-state index contributed by atoms with van der Waals surface area (Å²) >= 11 is 15.4. The molecule has 0 saturated carbocycles. The predicted molar refractivity (Wildman–Crippen MR) is 81.0 cm³/mol. The highest BCUT2D eigenvalue weighted by atomic mass is 79.9. The second kappa shape index (κ2) is 4.67. The van der Waals surface area contributed by atoms with E-state index < -0.39 is 0 Å². The first-order chi connectivity index (χ1) is 9.06. The number of hydrogen-bond donors (Lipinski definition) is 1. The second-order valence-corrected chi connectivity index (χ2v) is 5.62. The Morgan fingerprint density at radius 2 is 1.95 bits per heavy atom. The number of aromatic nitrogens is 3. The van der Waals surface area contributed by atoms with Crippen molar-refractivity contribution >= 4 is 56.2 Å². The van der Waals surface area contributed by atoms with Crippen molar-refractivity contribution in [2.24, 2.45) is 0 Å². The van der Waals surface area contributed by atoms with E-state index in [-0.39, 0.29) is 0 Å². The summed E-state index contributed by atoms with van der Waals surface area (Å²) in [6.45, 7) is 0.